The molecule has 21 heavy (non-hydrogen) atoms. The van der Waals surface area contributed by atoms with Crippen LogP contribution in [0.25, 0.3) is 11.0 Å². The van der Waals surface area contributed by atoms with Gasteiger partial charge in [0.2, 0.25) is 5.91 Å². The van der Waals surface area contributed by atoms with Gasteiger partial charge in [-0.3, -0.25) is 9.36 Å². The van der Waals surface area contributed by atoms with E-state index in [-0.39, 0.29) is 24.2 Å². The van der Waals surface area contributed by atoms with Gasteiger partial charge in [-0.25, -0.2) is 4.98 Å². The molecule has 3 N–H and O–H groups in total. The Balaban J connectivity index is 2.36. The van der Waals surface area contributed by atoms with Crippen molar-refractivity contribution in [1.29, 1.82) is 0 Å². The molecule has 1 aromatic carbocycles. The van der Waals surface area contributed by atoms with Gasteiger partial charge in [-0.05, 0) is 19.1 Å². The number of alkyl halides is 2. The first-order valence-corrected chi connectivity index (χ1v) is 6.71. The van der Waals surface area contributed by atoms with E-state index in [1.165, 1.54) is 0 Å². The fourth-order valence-electron chi connectivity index (χ4n) is 2.10. The fraction of sp³-hybridized carbons (Fsp3) is 0.429. The Morgan fingerprint density at radius 3 is 2.67 bits per heavy atom. The predicted molar refractivity (Wildman–Crippen MR) is 75.8 cm³/mol. The molecule has 2 atom stereocenters. The van der Waals surface area contributed by atoms with Gasteiger partial charge < -0.3 is 11.1 Å². The Labute approximate surface area is 121 Å². The summed E-state index contributed by atoms with van der Waals surface area (Å²) < 4.78 is 27.4. The van der Waals surface area contributed by atoms with Crippen LogP contribution in [-0.2, 0) is 4.79 Å². The number of benzene rings is 1. The molecule has 5 nitrogen and oxygen atoms in total. The summed E-state index contributed by atoms with van der Waals surface area (Å²) in [5, 5.41) is 2.67. The van der Waals surface area contributed by atoms with Crippen LogP contribution in [-0.4, -0.2) is 22.0 Å². The maximum Gasteiger partial charge on any atom is 0.320 e. The molecule has 1 heterocycles. The van der Waals surface area contributed by atoms with E-state index in [0.29, 0.717) is 11.0 Å². The van der Waals surface area contributed by atoms with Gasteiger partial charge in [0.1, 0.15) is 5.82 Å². The fourth-order valence-corrected chi connectivity index (χ4v) is 2.10. The number of nitrogens with two attached hydrogens (primary N) is 1. The molecule has 0 aliphatic heterocycles. The summed E-state index contributed by atoms with van der Waals surface area (Å²) in [6, 6.07) is 6.01. The lowest BCUT2D eigenvalue weighted by atomic mass is 10.1. The summed E-state index contributed by atoms with van der Waals surface area (Å²) in [4.78, 5) is 16.0. The van der Waals surface area contributed by atoms with Crippen molar-refractivity contribution in [2.45, 2.75) is 26.4 Å². The molecule has 0 spiro atoms. The van der Waals surface area contributed by atoms with Crippen LogP contribution in [0.4, 0.5) is 8.78 Å². The monoisotopic (exact) mass is 296 g/mol. The second kappa shape index (κ2) is 6.17. The van der Waals surface area contributed by atoms with Crippen molar-refractivity contribution in [2.75, 3.05) is 6.54 Å². The maximum atomic E-state index is 13.3. The average Bonchev–Trinajstić information content (AvgIpc) is 2.85. The number of nitrogens with zero attached hydrogens (tertiary/aromatic N) is 2. The number of fused-ring (bicyclic) bond motifs is 1. The van der Waals surface area contributed by atoms with Crippen molar-refractivity contribution in [3.05, 3.63) is 30.1 Å². The van der Waals surface area contributed by atoms with E-state index in [1.807, 2.05) is 0 Å². The first kappa shape index (κ1) is 15.4. The van der Waals surface area contributed by atoms with Crippen LogP contribution >= 0.6 is 0 Å². The maximum absolute atomic E-state index is 13.3. The summed E-state index contributed by atoms with van der Waals surface area (Å²) in [7, 11) is 0. The lowest BCUT2D eigenvalue weighted by molar-refractivity contribution is -0.125. The zero-order valence-electron chi connectivity index (χ0n) is 11.9. The number of carbonyl (C=O) groups is 1. The molecule has 0 saturated carbocycles. The van der Waals surface area contributed by atoms with Gasteiger partial charge >= 0.3 is 6.55 Å². The highest BCUT2D eigenvalue weighted by molar-refractivity contribution is 5.79. The van der Waals surface area contributed by atoms with Gasteiger partial charge in [-0.2, -0.15) is 8.78 Å². The third-order valence-corrected chi connectivity index (χ3v) is 3.37. The van der Waals surface area contributed by atoms with Crippen molar-refractivity contribution in [3.63, 3.8) is 0 Å². The van der Waals surface area contributed by atoms with Crippen LogP contribution in [0, 0.1) is 5.92 Å². The molecule has 0 saturated heterocycles. The van der Waals surface area contributed by atoms with Crippen LogP contribution in [0.15, 0.2) is 24.3 Å². The minimum Gasteiger partial charge on any atom is -0.346 e. The highest BCUT2D eigenvalue weighted by atomic mass is 19.3. The smallest absolute Gasteiger partial charge is 0.320 e. The average molecular weight is 296 g/mol. The molecule has 0 aliphatic rings. The van der Waals surface area contributed by atoms with Crippen molar-refractivity contribution >= 4 is 16.9 Å². The molecule has 1 amide bonds. The summed E-state index contributed by atoms with van der Waals surface area (Å²) >= 11 is 0. The number of nitrogens with one attached hydrogen (secondary N) is 1. The second-order valence-corrected chi connectivity index (χ2v) is 4.97. The SMILES string of the molecule is CC(CN)C(=O)NC(C)c1nc2ccccc2n1C(F)F. The summed E-state index contributed by atoms with van der Waals surface area (Å²) in [6.45, 7) is 0.780. The third kappa shape index (κ3) is 3.02. The minimum absolute atomic E-state index is 0.128. The van der Waals surface area contributed by atoms with E-state index >= 15 is 0 Å². The Bertz CT molecular complexity index is 641. The normalized spacial score (nSPS) is 14.4. The van der Waals surface area contributed by atoms with E-state index in [2.05, 4.69) is 10.3 Å². The standard InChI is InChI=1S/C14H18F2N4O/c1-8(7-17)13(21)18-9(2)12-19-10-5-3-4-6-11(10)20(12)14(15)16/h3-6,8-9,14H,7,17H2,1-2H3,(H,18,21). The Morgan fingerprint density at radius 1 is 1.38 bits per heavy atom. The number of aromatic nitrogens is 2. The van der Waals surface area contributed by atoms with Gasteiger partial charge in [-0.15, -0.1) is 0 Å². The summed E-state index contributed by atoms with van der Waals surface area (Å²) in [5.41, 5.74) is 6.24. The zero-order chi connectivity index (χ0) is 15.6. The first-order chi connectivity index (χ1) is 9.95. The van der Waals surface area contributed by atoms with E-state index in [4.69, 9.17) is 5.73 Å². The Morgan fingerprint density at radius 2 is 2.05 bits per heavy atom. The predicted octanol–water partition coefficient (Wildman–Crippen LogP) is 2.20. The highest BCUT2D eigenvalue weighted by Crippen LogP contribution is 2.26. The number of imidazole rings is 1. The van der Waals surface area contributed by atoms with Gasteiger partial charge in [0.25, 0.3) is 0 Å². The van der Waals surface area contributed by atoms with Crippen molar-refractivity contribution in [3.8, 4) is 0 Å². The lowest BCUT2D eigenvalue weighted by Crippen LogP contribution is -2.35. The molecule has 1 aromatic heterocycles. The van der Waals surface area contributed by atoms with Crippen LogP contribution in [0.5, 0.6) is 0 Å². The molecular formula is C14H18F2N4O. The number of para-hydroxylation sites is 2. The molecule has 0 bridgehead atoms. The Kier molecular flexibility index (Phi) is 4.52. The Hall–Kier alpha value is -2.02. The molecule has 0 aliphatic carbocycles. The van der Waals surface area contributed by atoms with Crippen molar-refractivity contribution in [1.82, 2.24) is 14.9 Å². The van der Waals surface area contributed by atoms with Crippen LogP contribution in [0.3, 0.4) is 0 Å². The van der Waals surface area contributed by atoms with Crippen LogP contribution in [0.1, 0.15) is 32.3 Å². The van der Waals surface area contributed by atoms with Crippen molar-refractivity contribution in [2.24, 2.45) is 11.7 Å². The molecule has 0 radical (unpaired) electrons. The van der Waals surface area contributed by atoms with E-state index < -0.39 is 12.6 Å². The van der Waals surface area contributed by atoms with E-state index in [9.17, 15) is 13.6 Å². The number of halogens is 2. The topological polar surface area (TPSA) is 72.9 Å². The van der Waals surface area contributed by atoms with E-state index in [1.54, 1.807) is 38.1 Å². The molecular weight excluding hydrogens is 278 g/mol. The quantitative estimate of drug-likeness (QED) is 0.888. The number of carbonyl (C=O) groups excluding carboxylic acids is 1. The molecule has 2 unspecified atom stereocenters. The number of hydrogen-bond donors (Lipinski definition) is 2. The molecule has 2 rings (SSSR count). The molecule has 114 valence electrons. The van der Waals surface area contributed by atoms with E-state index in [0.717, 1.165) is 4.57 Å². The molecule has 7 heteroatoms. The molecule has 0 fully saturated rings. The minimum atomic E-state index is -2.72. The number of rotatable bonds is 5. The van der Waals surface area contributed by atoms with Crippen LogP contribution in [0.2, 0.25) is 0 Å². The lowest BCUT2D eigenvalue weighted by Gasteiger charge is -2.17. The first-order valence-electron chi connectivity index (χ1n) is 6.71. The summed E-state index contributed by atoms with van der Waals surface area (Å²) in [5.74, 6) is -0.529. The van der Waals surface area contributed by atoms with Gasteiger partial charge in [-0.1, -0.05) is 19.1 Å². The zero-order valence-corrected chi connectivity index (χ0v) is 11.9. The highest BCUT2D eigenvalue weighted by Gasteiger charge is 2.23. The molecule has 2 aromatic rings. The van der Waals surface area contributed by atoms with Crippen molar-refractivity contribution < 1.29 is 13.6 Å². The summed E-state index contributed by atoms with van der Waals surface area (Å²) in [6.07, 6.45) is 0. The number of hydrogen-bond acceptors (Lipinski definition) is 3. The van der Waals surface area contributed by atoms with Gasteiger partial charge in [0.05, 0.1) is 17.1 Å². The largest absolute Gasteiger partial charge is 0.346 e. The number of amides is 1. The van der Waals surface area contributed by atoms with Crippen LogP contribution < -0.4 is 11.1 Å². The van der Waals surface area contributed by atoms with Gasteiger partial charge in [0, 0.05) is 12.5 Å². The second-order valence-electron chi connectivity index (χ2n) is 4.97. The van der Waals surface area contributed by atoms with Gasteiger partial charge in [0.15, 0.2) is 0 Å². The third-order valence-electron chi connectivity index (χ3n) is 3.37.